The predicted octanol–water partition coefficient (Wildman–Crippen LogP) is 5.62. The summed E-state index contributed by atoms with van der Waals surface area (Å²) in [5.41, 5.74) is 0.564. The van der Waals surface area contributed by atoms with Crippen LogP contribution < -0.4 is 10.1 Å². The summed E-state index contributed by atoms with van der Waals surface area (Å²) in [4.78, 5) is 7.94. The second kappa shape index (κ2) is 8.71. The molecule has 1 N–H and O–H groups in total. The lowest BCUT2D eigenvalue weighted by molar-refractivity contribution is -0.137. The minimum atomic E-state index is -4.62. The van der Waals surface area contributed by atoms with E-state index < -0.39 is 16.6 Å². The Morgan fingerprint density at radius 1 is 1.21 bits per heavy atom. The Morgan fingerprint density at radius 3 is 2.67 bits per heavy atom. The molecule has 0 radical (unpaired) electrons. The number of hydrogen-bond donors (Lipinski definition) is 1. The summed E-state index contributed by atoms with van der Waals surface area (Å²) >= 11 is 0.722. The number of rotatable bonds is 6. The smallest absolute Gasteiger partial charge is 0.418 e. The second-order valence-corrected chi connectivity index (χ2v) is 8.18. The first-order valence-electron chi connectivity index (χ1n) is 9.72. The molecule has 0 unspecified atom stereocenters. The Bertz CT molecular complexity index is 1370. The molecule has 3 aromatic heterocycles. The van der Waals surface area contributed by atoms with Crippen LogP contribution in [0.2, 0.25) is 0 Å². The number of alkyl halides is 3. The predicted molar refractivity (Wildman–Crippen MR) is 117 cm³/mol. The Hall–Kier alpha value is -3.65. The zero-order chi connectivity index (χ0) is 23.8. The van der Waals surface area contributed by atoms with Crippen LogP contribution in [0.25, 0.3) is 21.5 Å². The summed E-state index contributed by atoms with van der Waals surface area (Å²) < 4.78 is 61.0. The zero-order valence-electron chi connectivity index (χ0n) is 17.5. The number of halogens is 4. The number of anilines is 1. The van der Waals surface area contributed by atoms with Crippen molar-refractivity contribution in [2.24, 2.45) is 0 Å². The van der Waals surface area contributed by atoms with E-state index in [1.807, 2.05) is 17.6 Å². The number of aryl methyl sites for hydroxylation is 1. The maximum absolute atomic E-state index is 14.5. The van der Waals surface area contributed by atoms with Crippen molar-refractivity contribution in [3.8, 4) is 22.4 Å². The molecule has 0 saturated carbocycles. The summed E-state index contributed by atoms with van der Waals surface area (Å²) in [6.07, 6.45) is -3.39. The molecule has 0 fully saturated rings. The van der Waals surface area contributed by atoms with Gasteiger partial charge in [-0.3, -0.25) is 0 Å². The standard InChI is InChI=1S/C22H17F4N5OS/c1-12-7-13-17(32-2)4-3-15(23)21(13)31(12)6-5-28-20-9-16(29-11-30-20)18-8-14(22(24,25)26)19(10-27)33-18/h3-4,7-9,11H,5-6H2,1-2H3,(H,28,29,30). The molecule has 11 heteroatoms. The first-order chi connectivity index (χ1) is 15.7. The third-order valence-electron chi connectivity index (χ3n) is 5.10. The monoisotopic (exact) mass is 475 g/mol. The van der Waals surface area contributed by atoms with Crippen LogP contribution in [0.15, 0.2) is 36.7 Å². The van der Waals surface area contributed by atoms with Gasteiger partial charge in [-0.1, -0.05) is 0 Å². The van der Waals surface area contributed by atoms with Crippen LogP contribution in [-0.2, 0) is 12.7 Å². The number of thiophene rings is 1. The van der Waals surface area contributed by atoms with E-state index in [-0.39, 0.29) is 16.4 Å². The summed E-state index contributed by atoms with van der Waals surface area (Å²) in [5.74, 6) is 0.606. The second-order valence-electron chi connectivity index (χ2n) is 7.13. The average molecular weight is 475 g/mol. The molecule has 4 rings (SSSR count). The molecule has 0 saturated heterocycles. The minimum absolute atomic E-state index is 0.214. The van der Waals surface area contributed by atoms with Crippen molar-refractivity contribution in [2.45, 2.75) is 19.6 Å². The van der Waals surface area contributed by atoms with E-state index in [9.17, 15) is 17.6 Å². The maximum atomic E-state index is 14.5. The minimum Gasteiger partial charge on any atom is -0.496 e. The Balaban J connectivity index is 1.54. The fourth-order valence-corrected chi connectivity index (χ4v) is 4.54. The van der Waals surface area contributed by atoms with Crippen LogP contribution in [0.1, 0.15) is 16.1 Å². The van der Waals surface area contributed by atoms with Gasteiger partial charge in [0.15, 0.2) is 0 Å². The van der Waals surface area contributed by atoms with Gasteiger partial charge in [-0.05, 0) is 31.2 Å². The van der Waals surface area contributed by atoms with Gasteiger partial charge in [-0.2, -0.15) is 18.4 Å². The highest BCUT2D eigenvalue weighted by Crippen LogP contribution is 2.40. The molecule has 0 aliphatic heterocycles. The Kier molecular flexibility index (Phi) is 5.95. The van der Waals surface area contributed by atoms with Crippen LogP contribution in [0.5, 0.6) is 5.75 Å². The molecular weight excluding hydrogens is 458 g/mol. The fourth-order valence-electron chi connectivity index (χ4n) is 3.60. The molecule has 1 aromatic carbocycles. The number of aromatic nitrogens is 3. The first-order valence-corrected chi connectivity index (χ1v) is 10.5. The van der Waals surface area contributed by atoms with Crippen LogP contribution >= 0.6 is 11.3 Å². The molecule has 0 aliphatic carbocycles. The summed E-state index contributed by atoms with van der Waals surface area (Å²) in [6.45, 7) is 2.65. The number of methoxy groups -OCH3 is 1. The Morgan fingerprint density at radius 2 is 2.00 bits per heavy atom. The van der Waals surface area contributed by atoms with Crippen molar-refractivity contribution < 1.29 is 22.3 Å². The lowest BCUT2D eigenvalue weighted by Gasteiger charge is -2.11. The SMILES string of the molecule is COc1ccc(F)c2c1cc(C)n2CCNc1cc(-c2cc(C(F)(F)F)c(C#N)s2)ncn1. The molecule has 6 nitrogen and oxygen atoms in total. The summed E-state index contributed by atoms with van der Waals surface area (Å²) in [7, 11) is 1.53. The van der Waals surface area contributed by atoms with Crippen molar-refractivity contribution in [1.29, 1.82) is 5.26 Å². The number of fused-ring (bicyclic) bond motifs is 1. The third-order valence-corrected chi connectivity index (χ3v) is 6.16. The number of nitrogens with one attached hydrogen (secondary N) is 1. The fraction of sp³-hybridized carbons (Fsp3) is 0.227. The number of hydrogen-bond acceptors (Lipinski definition) is 6. The van der Waals surface area contributed by atoms with Crippen molar-refractivity contribution in [2.75, 3.05) is 19.0 Å². The van der Waals surface area contributed by atoms with Gasteiger partial charge in [0.05, 0.1) is 28.8 Å². The quantitative estimate of drug-likeness (QED) is 0.367. The van der Waals surface area contributed by atoms with Gasteiger partial charge in [0.2, 0.25) is 0 Å². The molecular formula is C22H17F4N5OS. The van der Waals surface area contributed by atoms with E-state index in [2.05, 4.69) is 15.3 Å². The first kappa shape index (κ1) is 22.5. The van der Waals surface area contributed by atoms with E-state index in [0.717, 1.165) is 23.1 Å². The lowest BCUT2D eigenvalue weighted by atomic mass is 10.2. The molecule has 33 heavy (non-hydrogen) atoms. The van der Waals surface area contributed by atoms with Gasteiger partial charge < -0.3 is 14.6 Å². The average Bonchev–Trinajstić information content (AvgIpc) is 3.36. The number of benzene rings is 1. The zero-order valence-corrected chi connectivity index (χ0v) is 18.3. The van der Waals surface area contributed by atoms with E-state index in [4.69, 9.17) is 10.00 Å². The lowest BCUT2D eigenvalue weighted by Crippen LogP contribution is -2.13. The van der Waals surface area contributed by atoms with Crippen LogP contribution in [0.3, 0.4) is 0 Å². The van der Waals surface area contributed by atoms with Gasteiger partial charge in [-0.25, -0.2) is 14.4 Å². The maximum Gasteiger partial charge on any atom is 0.418 e. The number of nitriles is 1. The highest BCUT2D eigenvalue weighted by Gasteiger charge is 2.35. The normalized spacial score (nSPS) is 11.5. The molecule has 3 heterocycles. The van der Waals surface area contributed by atoms with Crippen molar-refractivity contribution in [1.82, 2.24) is 14.5 Å². The van der Waals surface area contributed by atoms with E-state index >= 15 is 0 Å². The van der Waals surface area contributed by atoms with Gasteiger partial charge in [-0.15, -0.1) is 11.3 Å². The molecule has 0 atom stereocenters. The van der Waals surface area contributed by atoms with Crippen LogP contribution in [0.4, 0.5) is 23.4 Å². The van der Waals surface area contributed by atoms with Crippen LogP contribution in [-0.4, -0.2) is 28.2 Å². The largest absolute Gasteiger partial charge is 0.496 e. The van der Waals surface area contributed by atoms with Gasteiger partial charge in [0.25, 0.3) is 0 Å². The molecule has 4 aromatic rings. The summed E-state index contributed by atoms with van der Waals surface area (Å²) in [6, 6.07) is 8.80. The van der Waals surface area contributed by atoms with Gasteiger partial charge in [0, 0.05) is 30.2 Å². The number of nitrogens with zero attached hydrogens (tertiary/aromatic N) is 4. The Labute approximate surface area is 190 Å². The number of ether oxygens (including phenoxy) is 1. The van der Waals surface area contributed by atoms with Gasteiger partial charge >= 0.3 is 6.18 Å². The molecule has 170 valence electrons. The van der Waals surface area contributed by atoms with E-state index in [1.54, 1.807) is 12.1 Å². The van der Waals surface area contributed by atoms with Crippen molar-refractivity contribution in [3.05, 3.63) is 58.6 Å². The molecule has 0 aliphatic rings. The van der Waals surface area contributed by atoms with Gasteiger partial charge in [0.1, 0.15) is 34.7 Å². The van der Waals surface area contributed by atoms with Crippen LogP contribution in [0, 0.1) is 24.1 Å². The third kappa shape index (κ3) is 4.34. The van der Waals surface area contributed by atoms with Crippen molar-refractivity contribution >= 4 is 28.1 Å². The van der Waals surface area contributed by atoms with E-state index in [0.29, 0.717) is 35.6 Å². The topological polar surface area (TPSA) is 75.8 Å². The molecule has 0 amide bonds. The summed E-state index contributed by atoms with van der Waals surface area (Å²) in [5, 5.41) is 12.8. The highest BCUT2D eigenvalue weighted by molar-refractivity contribution is 7.16. The molecule has 0 spiro atoms. The van der Waals surface area contributed by atoms with E-state index in [1.165, 1.54) is 25.6 Å². The molecule has 0 bridgehead atoms. The van der Waals surface area contributed by atoms with Crippen molar-refractivity contribution in [3.63, 3.8) is 0 Å². The highest BCUT2D eigenvalue weighted by atomic mass is 32.1.